The second-order valence-electron chi connectivity index (χ2n) is 10.9. The van der Waals surface area contributed by atoms with Gasteiger partial charge in [0.15, 0.2) is 12.0 Å². The van der Waals surface area contributed by atoms with E-state index in [1.54, 1.807) is 0 Å². The molecular weight excluding hydrogens is 604 g/mol. The maximum absolute atomic E-state index is 13.4. The maximum Gasteiger partial charge on any atom is 0.329 e. The molecule has 6 atom stereocenters. The molecule has 1 aliphatic rings. The quantitative estimate of drug-likeness (QED) is 0.0697. The fourth-order valence-corrected chi connectivity index (χ4v) is 4.80. The van der Waals surface area contributed by atoms with Gasteiger partial charge in [0.2, 0.25) is 17.7 Å². The number of nitrogens with one attached hydrogen (secondary N) is 3. The summed E-state index contributed by atoms with van der Waals surface area (Å²) in [4.78, 5) is 54.8. The summed E-state index contributed by atoms with van der Waals surface area (Å²) in [5.41, 5.74) is 23.5. The summed E-state index contributed by atoms with van der Waals surface area (Å²) in [6.45, 7) is -0.134. The van der Waals surface area contributed by atoms with Crippen molar-refractivity contribution >= 4 is 29.7 Å². The van der Waals surface area contributed by atoms with Crippen molar-refractivity contribution in [2.24, 2.45) is 27.9 Å². The Bertz CT molecular complexity index is 1470. The number of hydrogen-bond acceptors (Lipinski definition) is 11. The summed E-state index contributed by atoms with van der Waals surface area (Å²) in [7, 11) is 0. The van der Waals surface area contributed by atoms with Crippen LogP contribution in [0.4, 0.5) is 0 Å². The van der Waals surface area contributed by atoms with Crippen molar-refractivity contribution in [2.45, 2.75) is 62.1 Å². The van der Waals surface area contributed by atoms with Gasteiger partial charge in [0.1, 0.15) is 23.6 Å². The largest absolute Gasteiger partial charge is 0.508 e. The Kier molecular flexibility index (Phi) is 12.2. The maximum atomic E-state index is 13.4. The molecule has 2 aromatic rings. The Labute approximate surface area is 263 Å². The highest BCUT2D eigenvalue weighted by Gasteiger charge is 2.35. The minimum atomic E-state index is -2.00. The van der Waals surface area contributed by atoms with Gasteiger partial charge < -0.3 is 64.4 Å². The zero-order valence-corrected chi connectivity index (χ0v) is 24.8. The highest BCUT2D eigenvalue weighted by atomic mass is 16.4. The van der Waals surface area contributed by atoms with Gasteiger partial charge in [-0.2, -0.15) is 0 Å². The number of rotatable bonds is 10. The fourth-order valence-electron chi connectivity index (χ4n) is 4.80. The number of benzene rings is 2. The predicted molar refractivity (Wildman–Crippen MR) is 165 cm³/mol. The number of aliphatic hydroxyl groups is 2. The Morgan fingerprint density at radius 2 is 1.67 bits per heavy atom. The van der Waals surface area contributed by atoms with E-state index in [1.165, 1.54) is 36.4 Å². The van der Waals surface area contributed by atoms with Gasteiger partial charge in [0.05, 0.1) is 18.2 Å². The van der Waals surface area contributed by atoms with Gasteiger partial charge in [-0.25, -0.2) is 4.79 Å². The number of carbonyl (C=O) groups excluding carboxylic acids is 3. The van der Waals surface area contributed by atoms with Gasteiger partial charge in [-0.05, 0) is 53.8 Å². The van der Waals surface area contributed by atoms with E-state index >= 15 is 0 Å². The van der Waals surface area contributed by atoms with E-state index in [-0.39, 0.29) is 42.2 Å². The molecule has 3 rings (SSSR count). The summed E-state index contributed by atoms with van der Waals surface area (Å²) in [6.07, 6.45) is -3.46. The minimum absolute atomic E-state index is 0.101. The van der Waals surface area contributed by atoms with Crippen LogP contribution in [0.2, 0.25) is 0 Å². The van der Waals surface area contributed by atoms with Gasteiger partial charge in [-0.1, -0.05) is 12.1 Å². The number of carboxylic acid groups (broad SMARTS) is 1. The topological polar surface area (TPSA) is 322 Å². The lowest BCUT2D eigenvalue weighted by atomic mass is 9.94. The van der Waals surface area contributed by atoms with Gasteiger partial charge >= 0.3 is 5.97 Å². The zero-order valence-electron chi connectivity index (χ0n) is 24.8. The first kappa shape index (κ1) is 35.5. The molecule has 3 amide bonds. The summed E-state index contributed by atoms with van der Waals surface area (Å²) >= 11 is 0. The molecule has 46 heavy (non-hydrogen) atoms. The van der Waals surface area contributed by atoms with Crippen LogP contribution in [-0.2, 0) is 25.6 Å². The lowest BCUT2D eigenvalue weighted by Crippen LogP contribution is -2.57. The molecule has 0 fully saturated rings. The van der Waals surface area contributed by atoms with Gasteiger partial charge in [0.25, 0.3) is 0 Å². The molecular formula is C29H40N8O9. The number of hydrogen-bond donors (Lipinski definition) is 12. The van der Waals surface area contributed by atoms with Crippen LogP contribution in [0.1, 0.15) is 36.5 Å². The second-order valence-corrected chi connectivity index (χ2v) is 10.9. The van der Waals surface area contributed by atoms with Crippen LogP contribution in [0.3, 0.4) is 0 Å². The average molecular weight is 645 g/mol. The SMILES string of the molecule is NC(N)=NCCCC(N)C(=O)NCC(O)CC1NC(=O)C(N)Cc2cc(ccc2O)-c2ccc(O)c(c2)C(O)C(C(=O)O)NC1=O. The van der Waals surface area contributed by atoms with Crippen LogP contribution in [0, 0.1) is 0 Å². The molecule has 1 heterocycles. The highest BCUT2D eigenvalue weighted by Crippen LogP contribution is 2.34. The van der Waals surface area contributed by atoms with Gasteiger partial charge in [0, 0.05) is 31.5 Å². The Morgan fingerprint density at radius 3 is 2.33 bits per heavy atom. The van der Waals surface area contributed by atoms with Crippen molar-refractivity contribution < 1.29 is 44.7 Å². The molecule has 0 saturated heterocycles. The highest BCUT2D eigenvalue weighted by molar-refractivity contribution is 5.92. The van der Waals surface area contributed by atoms with Gasteiger partial charge in [-0.15, -0.1) is 0 Å². The number of amides is 3. The molecule has 2 aromatic carbocycles. The first-order valence-corrected chi connectivity index (χ1v) is 14.4. The summed E-state index contributed by atoms with van der Waals surface area (Å²) in [5.74, 6) is -4.98. The van der Waals surface area contributed by atoms with Crippen molar-refractivity contribution in [3.8, 4) is 22.6 Å². The molecule has 6 unspecified atom stereocenters. The van der Waals surface area contributed by atoms with Gasteiger partial charge in [-0.3, -0.25) is 19.4 Å². The number of aliphatic carboxylic acids is 1. The molecule has 17 heteroatoms. The first-order valence-electron chi connectivity index (χ1n) is 14.4. The molecule has 0 saturated carbocycles. The molecule has 1 aliphatic heterocycles. The van der Waals surface area contributed by atoms with Crippen LogP contribution in [0.15, 0.2) is 41.4 Å². The number of carboxylic acids is 1. The predicted octanol–water partition coefficient (Wildman–Crippen LogP) is -3.02. The van der Waals surface area contributed by atoms with Crippen molar-refractivity contribution in [1.82, 2.24) is 16.0 Å². The fraction of sp³-hybridized carbons (Fsp3) is 0.414. The van der Waals surface area contributed by atoms with Crippen molar-refractivity contribution in [3.63, 3.8) is 0 Å². The number of nitrogens with zero attached hydrogens (tertiary/aromatic N) is 1. The summed E-state index contributed by atoms with van der Waals surface area (Å²) in [5, 5.41) is 59.5. The number of aliphatic imine (C=N–C) groups is 1. The lowest BCUT2D eigenvalue weighted by molar-refractivity contribution is -0.146. The van der Waals surface area contributed by atoms with E-state index in [4.69, 9.17) is 22.9 Å². The molecule has 250 valence electrons. The number of guanidine groups is 1. The number of nitrogens with two attached hydrogens (primary N) is 4. The van der Waals surface area contributed by atoms with Crippen LogP contribution in [-0.4, -0.2) is 98.5 Å². The molecule has 4 bridgehead atoms. The third-order valence-electron chi connectivity index (χ3n) is 7.37. The smallest absolute Gasteiger partial charge is 0.329 e. The molecule has 0 spiro atoms. The van der Waals surface area contributed by atoms with Crippen LogP contribution >= 0.6 is 0 Å². The van der Waals surface area contributed by atoms with E-state index in [0.717, 1.165) is 0 Å². The number of aliphatic hydroxyl groups excluding tert-OH is 2. The van der Waals surface area contributed by atoms with Crippen molar-refractivity contribution in [1.29, 1.82) is 0 Å². The van der Waals surface area contributed by atoms with E-state index in [9.17, 15) is 44.7 Å². The number of phenols is 2. The second kappa shape index (κ2) is 15.8. The van der Waals surface area contributed by atoms with Crippen molar-refractivity contribution in [2.75, 3.05) is 13.1 Å². The number of carbonyl (C=O) groups is 4. The standard InChI is InChI=1S/C29H40N8O9/c30-18(2-1-7-34-29(32)33)25(42)35-12-16(38)11-20-27(44)37-23(28(45)46)24(41)17-9-14(4-6-22(17)40)13-3-5-21(39)15(8-13)10-19(31)26(43)36-20/h3-6,8-9,16,18-20,23-24,38-41H,1-2,7,10-12,30-31H2,(H,35,42)(H,36,43)(H,37,44)(H,45,46)(H4,32,33,34). The van der Waals surface area contributed by atoms with Crippen LogP contribution in [0.5, 0.6) is 11.5 Å². The molecule has 0 radical (unpaired) electrons. The normalized spacial score (nSPS) is 21.4. The summed E-state index contributed by atoms with van der Waals surface area (Å²) in [6, 6.07) is 2.65. The monoisotopic (exact) mass is 644 g/mol. The van der Waals surface area contributed by atoms with E-state index in [0.29, 0.717) is 17.5 Å². The Morgan fingerprint density at radius 1 is 1.02 bits per heavy atom. The zero-order chi connectivity index (χ0) is 34.1. The van der Waals surface area contributed by atoms with E-state index < -0.39 is 78.8 Å². The molecule has 17 nitrogen and oxygen atoms in total. The first-order chi connectivity index (χ1) is 21.7. The lowest BCUT2D eigenvalue weighted by Gasteiger charge is -2.27. The molecule has 16 N–H and O–H groups in total. The third-order valence-corrected chi connectivity index (χ3v) is 7.37. The summed E-state index contributed by atoms with van der Waals surface area (Å²) < 4.78 is 0. The number of fused-ring (bicyclic) bond motifs is 5. The average Bonchev–Trinajstić information content (AvgIpc) is 3.00. The van der Waals surface area contributed by atoms with Crippen LogP contribution < -0.4 is 38.9 Å². The van der Waals surface area contributed by atoms with E-state index in [2.05, 4.69) is 20.9 Å². The molecule has 0 aliphatic carbocycles. The van der Waals surface area contributed by atoms with E-state index in [1.807, 2.05) is 0 Å². The van der Waals surface area contributed by atoms with Crippen molar-refractivity contribution in [3.05, 3.63) is 47.5 Å². The Hall–Kier alpha value is -4.97. The number of phenolic OH excluding ortho intramolecular Hbond substituents is 2. The number of aromatic hydroxyl groups is 2. The third kappa shape index (κ3) is 9.51. The Balaban J connectivity index is 1.86. The molecule has 0 aromatic heterocycles. The minimum Gasteiger partial charge on any atom is -0.508 e. The van der Waals surface area contributed by atoms with Crippen LogP contribution in [0.25, 0.3) is 11.1 Å².